The van der Waals surface area contributed by atoms with Gasteiger partial charge in [-0.05, 0) is 25.0 Å². The van der Waals surface area contributed by atoms with Crippen LogP contribution in [0.3, 0.4) is 0 Å². The predicted octanol–water partition coefficient (Wildman–Crippen LogP) is 2.92. The summed E-state index contributed by atoms with van der Waals surface area (Å²) < 4.78 is 23.3. The maximum Gasteiger partial charge on any atom is 0.177 e. The molecule has 0 heterocycles. The van der Waals surface area contributed by atoms with E-state index in [0.717, 1.165) is 5.33 Å². The molecule has 0 aliphatic carbocycles. The SMILES string of the molecule is CC(CBr)C(C)Nc1ccccc1S(C)(=O)=O. The molecule has 0 fully saturated rings. The maximum absolute atomic E-state index is 11.6. The molecular formula is C12H18BrNO2S. The molecule has 0 amide bonds. The van der Waals surface area contributed by atoms with Crippen LogP contribution < -0.4 is 5.32 Å². The molecule has 0 saturated carbocycles. The van der Waals surface area contributed by atoms with Crippen LogP contribution in [0.1, 0.15) is 13.8 Å². The second-order valence-electron chi connectivity index (χ2n) is 4.33. The molecule has 96 valence electrons. The Morgan fingerprint density at radius 3 is 2.41 bits per heavy atom. The van der Waals surface area contributed by atoms with Gasteiger partial charge in [0, 0.05) is 17.6 Å². The van der Waals surface area contributed by atoms with Crippen molar-refractivity contribution in [1.82, 2.24) is 0 Å². The highest BCUT2D eigenvalue weighted by atomic mass is 79.9. The van der Waals surface area contributed by atoms with Crippen molar-refractivity contribution in [1.29, 1.82) is 0 Å². The van der Waals surface area contributed by atoms with Crippen molar-refractivity contribution in [2.75, 3.05) is 16.9 Å². The summed E-state index contributed by atoms with van der Waals surface area (Å²) in [7, 11) is -3.19. The number of rotatable bonds is 5. The molecule has 0 bridgehead atoms. The van der Waals surface area contributed by atoms with Crippen molar-refractivity contribution in [2.45, 2.75) is 24.8 Å². The Hall–Kier alpha value is -0.550. The summed E-state index contributed by atoms with van der Waals surface area (Å²) >= 11 is 3.43. The van der Waals surface area contributed by atoms with Gasteiger partial charge in [0.25, 0.3) is 0 Å². The first kappa shape index (κ1) is 14.5. The summed E-state index contributed by atoms with van der Waals surface area (Å²) in [6.07, 6.45) is 1.23. The predicted molar refractivity (Wildman–Crippen MR) is 75.6 cm³/mol. The van der Waals surface area contributed by atoms with Crippen molar-refractivity contribution in [3.8, 4) is 0 Å². The van der Waals surface area contributed by atoms with Crippen LogP contribution in [0, 0.1) is 5.92 Å². The normalized spacial score (nSPS) is 15.3. The molecule has 5 heteroatoms. The molecule has 0 spiro atoms. The summed E-state index contributed by atoms with van der Waals surface area (Å²) in [6.45, 7) is 4.15. The fourth-order valence-electron chi connectivity index (χ4n) is 1.43. The Labute approximate surface area is 112 Å². The second-order valence-corrected chi connectivity index (χ2v) is 6.96. The van der Waals surface area contributed by atoms with Crippen LogP contribution in [0.5, 0.6) is 0 Å². The molecule has 17 heavy (non-hydrogen) atoms. The highest BCUT2D eigenvalue weighted by Crippen LogP contribution is 2.23. The molecule has 3 nitrogen and oxygen atoms in total. The number of nitrogens with one attached hydrogen (secondary N) is 1. The van der Waals surface area contributed by atoms with Gasteiger partial charge in [0.15, 0.2) is 9.84 Å². The van der Waals surface area contributed by atoms with Gasteiger partial charge in [-0.2, -0.15) is 0 Å². The maximum atomic E-state index is 11.6. The average Bonchev–Trinajstić information content (AvgIpc) is 2.27. The van der Waals surface area contributed by atoms with Gasteiger partial charge in [-0.25, -0.2) is 8.42 Å². The molecule has 1 N–H and O–H groups in total. The smallest absolute Gasteiger partial charge is 0.177 e. The fraction of sp³-hybridized carbons (Fsp3) is 0.500. The quantitative estimate of drug-likeness (QED) is 0.849. The molecule has 0 aliphatic rings. The first-order valence-corrected chi connectivity index (χ1v) is 8.49. The standard InChI is InChI=1S/C12H18BrNO2S/c1-9(8-13)10(2)14-11-6-4-5-7-12(11)17(3,15)16/h4-7,9-10,14H,8H2,1-3H3. The van der Waals surface area contributed by atoms with Crippen LogP contribution >= 0.6 is 15.9 Å². The van der Waals surface area contributed by atoms with E-state index in [1.165, 1.54) is 6.26 Å². The van der Waals surface area contributed by atoms with Gasteiger partial charge in [-0.3, -0.25) is 0 Å². The van der Waals surface area contributed by atoms with Crippen LogP contribution in [0.4, 0.5) is 5.69 Å². The van der Waals surface area contributed by atoms with E-state index in [4.69, 9.17) is 0 Å². The molecule has 1 aromatic rings. The zero-order chi connectivity index (χ0) is 13.1. The van der Waals surface area contributed by atoms with E-state index in [0.29, 0.717) is 16.5 Å². The Kier molecular flexibility index (Phi) is 5.01. The van der Waals surface area contributed by atoms with Gasteiger partial charge in [-0.15, -0.1) is 0 Å². The first-order chi connectivity index (χ1) is 7.86. The van der Waals surface area contributed by atoms with Crippen molar-refractivity contribution in [2.24, 2.45) is 5.92 Å². The van der Waals surface area contributed by atoms with E-state index >= 15 is 0 Å². The fourth-order valence-corrected chi connectivity index (χ4v) is 2.84. The van der Waals surface area contributed by atoms with E-state index in [-0.39, 0.29) is 6.04 Å². The number of hydrogen-bond acceptors (Lipinski definition) is 3. The van der Waals surface area contributed by atoms with E-state index in [9.17, 15) is 8.42 Å². The zero-order valence-corrected chi connectivity index (χ0v) is 12.7. The van der Waals surface area contributed by atoms with Crippen molar-refractivity contribution in [3.63, 3.8) is 0 Å². The Balaban J connectivity index is 3.00. The first-order valence-electron chi connectivity index (χ1n) is 5.48. The number of benzene rings is 1. The molecule has 0 aromatic heterocycles. The van der Waals surface area contributed by atoms with Gasteiger partial charge >= 0.3 is 0 Å². The lowest BCUT2D eigenvalue weighted by Gasteiger charge is -2.21. The molecule has 1 rings (SSSR count). The number of hydrogen-bond donors (Lipinski definition) is 1. The van der Waals surface area contributed by atoms with Crippen LogP contribution in [-0.2, 0) is 9.84 Å². The van der Waals surface area contributed by atoms with Gasteiger partial charge < -0.3 is 5.32 Å². The van der Waals surface area contributed by atoms with E-state index in [2.05, 4.69) is 28.2 Å². The number of alkyl halides is 1. The number of halogens is 1. The molecule has 0 saturated heterocycles. The molecular weight excluding hydrogens is 302 g/mol. The highest BCUT2D eigenvalue weighted by molar-refractivity contribution is 9.09. The lowest BCUT2D eigenvalue weighted by molar-refractivity contribution is 0.570. The van der Waals surface area contributed by atoms with Crippen molar-refractivity contribution < 1.29 is 8.42 Å². The summed E-state index contributed by atoms with van der Waals surface area (Å²) in [6, 6.07) is 7.21. The van der Waals surface area contributed by atoms with E-state index < -0.39 is 9.84 Å². The minimum Gasteiger partial charge on any atom is -0.381 e. The monoisotopic (exact) mass is 319 g/mol. The summed E-state index contributed by atoms with van der Waals surface area (Å²) in [5, 5.41) is 4.14. The largest absolute Gasteiger partial charge is 0.381 e. The molecule has 0 aliphatic heterocycles. The molecule has 2 unspecified atom stereocenters. The van der Waals surface area contributed by atoms with E-state index in [1.807, 2.05) is 13.0 Å². The van der Waals surface area contributed by atoms with Crippen LogP contribution in [0.15, 0.2) is 29.2 Å². The van der Waals surface area contributed by atoms with Crippen molar-refractivity contribution >= 4 is 31.5 Å². The zero-order valence-electron chi connectivity index (χ0n) is 10.3. The number of para-hydroxylation sites is 1. The van der Waals surface area contributed by atoms with Crippen LogP contribution in [0.25, 0.3) is 0 Å². The van der Waals surface area contributed by atoms with Crippen LogP contribution in [-0.4, -0.2) is 26.0 Å². The topological polar surface area (TPSA) is 46.2 Å². The van der Waals surface area contributed by atoms with E-state index in [1.54, 1.807) is 18.2 Å². The average molecular weight is 320 g/mol. The summed E-state index contributed by atoms with van der Waals surface area (Å²) in [5.41, 5.74) is 0.676. The number of anilines is 1. The Morgan fingerprint density at radius 1 is 1.29 bits per heavy atom. The van der Waals surface area contributed by atoms with Gasteiger partial charge in [0.1, 0.15) is 0 Å². The van der Waals surface area contributed by atoms with Gasteiger partial charge in [-0.1, -0.05) is 35.0 Å². The van der Waals surface area contributed by atoms with Gasteiger partial charge in [0.2, 0.25) is 0 Å². The highest BCUT2D eigenvalue weighted by Gasteiger charge is 2.16. The third-order valence-electron chi connectivity index (χ3n) is 2.77. The Morgan fingerprint density at radius 2 is 1.88 bits per heavy atom. The third-order valence-corrected chi connectivity index (χ3v) is 4.94. The molecule has 0 radical (unpaired) electrons. The third kappa shape index (κ3) is 4.00. The molecule has 1 aromatic carbocycles. The lowest BCUT2D eigenvalue weighted by Crippen LogP contribution is -2.25. The van der Waals surface area contributed by atoms with Gasteiger partial charge in [0.05, 0.1) is 10.6 Å². The second kappa shape index (κ2) is 5.87. The van der Waals surface area contributed by atoms with Crippen molar-refractivity contribution in [3.05, 3.63) is 24.3 Å². The lowest BCUT2D eigenvalue weighted by atomic mass is 10.1. The van der Waals surface area contributed by atoms with Crippen LogP contribution in [0.2, 0.25) is 0 Å². The minimum absolute atomic E-state index is 0.206. The number of sulfone groups is 1. The Bertz CT molecular complexity index is 473. The molecule has 2 atom stereocenters. The summed E-state index contributed by atoms with van der Waals surface area (Å²) in [4.78, 5) is 0.355. The minimum atomic E-state index is -3.19. The summed E-state index contributed by atoms with van der Waals surface area (Å²) in [5.74, 6) is 0.419.